The van der Waals surface area contributed by atoms with Crippen LogP contribution in [0.4, 0.5) is 5.69 Å². The third-order valence-corrected chi connectivity index (χ3v) is 4.28. The third kappa shape index (κ3) is 2.15. The van der Waals surface area contributed by atoms with E-state index in [0.717, 1.165) is 12.2 Å². The molecule has 1 atom stereocenters. The van der Waals surface area contributed by atoms with Crippen molar-refractivity contribution >= 4 is 17.4 Å². The number of anilines is 1. The van der Waals surface area contributed by atoms with Crippen LogP contribution in [0.5, 0.6) is 0 Å². The van der Waals surface area contributed by atoms with Crippen LogP contribution in [0, 0.1) is 0 Å². The fourth-order valence-corrected chi connectivity index (χ4v) is 3.15. The van der Waals surface area contributed by atoms with Gasteiger partial charge in [-0.3, -0.25) is 0 Å². The maximum absolute atomic E-state index is 5.54. The number of fused-ring (bicyclic) bond motifs is 1. The van der Waals surface area contributed by atoms with Crippen LogP contribution in [-0.2, 0) is 6.42 Å². The highest BCUT2D eigenvalue weighted by Crippen LogP contribution is 2.35. The SMILES string of the molecule is CSc1ccccc1NC1CCCc2occc21. The predicted octanol–water partition coefficient (Wildman–Crippen LogP) is 4.49. The van der Waals surface area contributed by atoms with Gasteiger partial charge in [0, 0.05) is 22.6 Å². The van der Waals surface area contributed by atoms with Gasteiger partial charge in [0.05, 0.1) is 12.3 Å². The Balaban J connectivity index is 1.86. The Morgan fingerprint density at radius 1 is 1.28 bits per heavy atom. The zero-order chi connectivity index (χ0) is 12.4. The van der Waals surface area contributed by atoms with Gasteiger partial charge in [-0.25, -0.2) is 0 Å². The number of hydrogen-bond donors (Lipinski definition) is 1. The fourth-order valence-electron chi connectivity index (χ4n) is 2.59. The van der Waals surface area contributed by atoms with E-state index in [0.29, 0.717) is 6.04 Å². The summed E-state index contributed by atoms with van der Waals surface area (Å²) in [6.45, 7) is 0. The molecule has 94 valence electrons. The van der Waals surface area contributed by atoms with Gasteiger partial charge in [0.25, 0.3) is 0 Å². The molecule has 18 heavy (non-hydrogen) atoms. The molecular weight excluding hydrogens is 242 g/mol. The van der Waals surface area contributed by atoms with Crippen molar-refractivity contribution in [1.82, 2.24) is 0 Å². The Bertz CT molecular complexity index is 535. The predicted molar refractivity (Wildman–Crippen MR) is 76.2 cm³/mol. The Labute approximate surface area is 112 Å². The molecule has 0 spiro atoms. The zero-order valence-corrected chi connectivity index (χ0v) is 11.3. The molecule has 2 aromatic rings. The summed E-state index contributed by atoms with van der Waals surface area (Å²) in [6, 6.07) is 11.0. The Kier molecular flexibility index (Phi) is 3.33. The molecule has 0 bridgehead atoms. The smallest absolute Gasteiger partial charge is 0.109 e. The van der Waals surface area contributed by atoms with Gasteiger partial charge in [-0.15, -0.1) is 11.8 Å². The number of benzene rings is 1. The van der Waals surface area contributed by atoms with Gasteiger partial charge in [0.1, 0.15) is 5.76 Å². The van der Waals surface area contributed by atoms with Crippen LogP contribution in [0.1, 0.15) is 30.2 Å². The lowest BCUT2D eigenvalue weighted by Gasteiger charge is -2.24. The van der Waals surface area contributed by atoms with Crippen LogP contribution in [0.25, 0.3) is 0 Å². The van der Waals surface area contributed by atoms with Crippen LogP contribution in [0.2, 0.25) is 0 Å². The van der Waals surface area contributed by atoms with Crippen LogP contribution in [0.3, 0.4) is 0 Å². The number of thioether (sulfide) groups is 1. The van der Waals surface area contributed by atoms with Gasteiger partial charge < -0.3 is 9.73 Å². The highest BCUT2D eigenvalue weighted by atomic mass is 32.2. The molecule has 0 aliphatic heterocycles. The molecule has 0 saturated heterocycles. The van der Waals surface area contributed by atoms with Gasteiger partial charge in [-0.05, 0) is 37.3 Å². The van der Waals surface area contributed by atoms with Crippen molar-refractivity contribution in [2.75, 3.05) is 11.6 Å². The molecule has 0 fully saturated rings. The fraction of sp³-hybridized carbons (Fsp3) is 0.333. The second-order valence-corrected chi connectivity index (χ2v) is 5.44. The van der Waals surface area contributed by atoms with Crippen LogP contribution < -0.4 is 5.32 Å². The number of rotatable bonds is 3. The Morgan fingerprint density at radius 2 is 2.17 bits per heavy atom. The lowest BCUT2D eigenvalue weighted by molar-refractivity contribution is 0.461. The molecule has 1 N–H and O–H groups in total. The molecule has 1 aromatic heterocycles. The Morgan fingerprint density at radius 3 is 3.06 bits per heavy atom. The molecule has 1 unspecified atom stereocenters. The number of furan rings is 1. The van der Waals surface area contributed by atoms with Crippen molar-refractivity contribution in [3.63, 3.8) is 0 Å². The normalized spacial score (nSPS) is 18.4. The standard InChI is InChI=1S/C15H17NOS/c1-18-15-8-3-2-5-13(15)16-12-6-4-7-14-11(12)9-10-17-14/h2-3,5,8-10,12,16H,4,6-7H2,1H3. The van der Waals surface area contributed by atoms with E-state index >= 15 is 0 Å². The van der Waals surface area contributed by atoms with E-state index in [-0.39, 0.29) is 0 Å². The summed E-state index contributed by atoms with van der Waals surface area (Å²) in [5.74, 6) is 1.15. The summed E-state index contributed by atoms with van der Waals surface area (Å²) in [4.78, 5) is 1.30. The van der Waals surface area contributed by atoms with E-state index in [1.165, 1.54) is 29.0 Å². The molecule has 0 amide bonds. The number of nitrogens with one attached hydrogen (secondary N) is 1. The van der Waals surface area contributed by atoms with E-state index in [2.05, 4.69) is 41.9 Å². The van der Waals surface area contributed by atoms with Gasteiger partial charge in [0.2, 0.25) is 0 Å². The average molecular weight is 259 g/mol. The van der Waals surface area contributed by atoms with Gasteiger partial charge in [-0.2, -0.15) is 0 Å². The minimum Gasteiger partial charge on any atom is -0.469 e. The summed E-state index contributed by atoms with van der Waals surface area (Å²) >= 11 is 1.78. The lowest BCUT2D eigenvalue weighted by Crippen LogP contribution is -2.16. The van der Waals surface area contributed by atoms with E-state index in [1.54, 1.807) is 11.8 Å². The minimum atomic E-state index is 0.390. The maximum Gasteiger partial charge on any atom is 0.109 e. The quantitative estimate of drug-likeness (QED) is 0.822. The van der Waals surface area contributed by atoms with Crippen LogP contribution in [0.15, 0.2) is 45.9 Å². The third-order valence-electron chi connectivity index (χ3n) is 3.49. The first-order valence-electron chi connectivity index (χ1n) is 6.34. The van der Waals surface area contributed by atoms with Crippen molar-refractivity contribution in [2.24, 2.45) is 0 Å². The molecular formula is C15H17NOS. The van der Waals surface area contributed by atoms with E-state index in [1.807, 2.05) is 6.26 Å². The highest BCUT2D eigenvalue weighted by molar-refractivity contribution is 7.98. The largest absolute Gasteiger partial charge is 0.469 e. The monoisotopic (exact) mass is 259 g/mol. The van der Waals surface area contributed by atoms with E-state index in [9.17, 15) is 0 Å². The number of para-hydroxylation sites is 1. The molecule has 3 rings (SSSR count). The van der Waals surface area contributed by atoms with Crippen molar-refractivity contribution < 1.29 is 4.42 Å². The average Bonchev–Trinajstić information content (AvgIpc) is 2.89. The van der Waals surface area contributed by atoms with Crippen LogP contribution in [-0.4, -0.2) is 6.26 Å². The second-order valence-electron chi connectivity index (χ2n) is 4.59. The van der Waals surface area contributed by atoms with Gasteiger partial charge >= 0.3 is 0 Å². The second kappa shape index (κ2) is 5.11. The molecule has 2 nitrogen and oxygen atoms in total. The highest BCUT2D eigenvalue weighted by Gasteiger charge is 2.22. The first-order chi connectivity index (χ1) is 8.88. The van der Waals surface area contributed by atoms with Crippen LogP contribution >= 0.6 is 11.8 Å². The topological polar surface area (TPSA) is 25.2 Å². The molecule has 1 heterocycles. The van der Waals surface area contributed by atoms with E-state index < -0.39 is 0 Å². The number of aryl methyl sites for hydroxylation is 1. The molecule has 3 heteroatoms. The maximum atomic E-state index is 5.54. The van der Waals surface area contributed by atoms with Crippen molar-refractivity contribution in [3.8, 4) is 0 Å². The molecule has 1 aromatic carbocycles. The molecule has 1 aliphatic carbocycles. The first kappa shape index (κ1) is 11.7. The molecule has 0 saturated carbocycles. The van der Waals surface area contributed by atoms with Crippen molar-refractivity contribution in [1.29, 1.82) is 0 Å². The summed E-state index contributed by atoms with van der Waals surface area (Å²) in [5, 5.41) is 3.66. The van der Waals surface area contributed by atoms with Gasteiger partial charge in [0.15, 0.2) is 0 Å². The minimum absolute atomic E-state index is 0.390. The van der Waals surface area contributed by atoms with E-state index in [4.69, 9.17) is 4.42 Å². The summed E-state index contributed by atoms with van der Waals surface area (Å²) in [5.41, 5.74) is 2.56. The lowest BCUT2D eigenvalue weighted by atomic mass is 9.93. The Hall–Kier alpha value is -1.35. The molecule has 0 radical (unpaired) electrons. The number of hydrogen-bond acceptors (Lipinski definition) is 3. The summed E-state index contributed by atoms with van der Waals surface area (Å²) < 4.78 is 5.54. The summed E-state index contributed by atoms with van der Waals surface area (Å²) in [7, 11) is 0. The summed E-state index contributed by atoms with van der Waals surface area (Å²) in [6.07, 6.45) is 7.37. The van der Waals surface area contributed by atoms with Crippen molar-refractivity contribution in [3.05, 3.63) is 47.9 Å². The zero-order valence-electron chi connectivity index (χ0n) is 10.5. The molecule has 1 aliphatic rings. The first-order valence-corrected chi connectivity index (χ1v) is 7.57. The van der Waals surface area contributed by atoms with Crippen molar-refractivity contribution in [2.45, 2.75) is 30.2 Å². The van der Waals surface area contributed by atoms with Gasteiger partial charge in [-0.1, -0.05) is 12.1 Å².